The number of aromatic nitrogens is 2. The number of thiazole rings is 1. The first kappa shape index (κ1) is 25.4. The second kappa shape index (κ2) is 11.2. The van der Waals surface area contributed by atoms with Crippen molar-refractivity contribution in [2.45, 2.75) is 47.3 Å². The molecular formula is C27H32N4O2S. The lowest BCUT2D eigenvalue weighted by molar-refractivity contribution is 0.0696. The van der Waals surface area contributed by atoms with Crippen LogP contribution in [0.2, 0.25) is 0 Å². The maximum atomic E-state index is 11.2. The van der Waals surface area contributed by atoms with Crippen LogP contribution in [0.25, 0.3) is 10.6 Å². The monoisotopic (exact) mass is 476 g/mol. The van der Waals surface area contributed by atoms with Gasteiger partial charge in [-0.25, -0.2) is 9.78 Å². The second-order valence-electron chi connectivity index (χ2n) is 8.30. The highest BCUT2D eigenvalue weighted by Crippen LogP contribution is 2.25. The minimum atomic E-state index is -0.886. The molecule has 34 heavy (non-hydrogen) atoms. The molecule has 2 heterocycles. The Morgan fingerprint density at radius 2 is 1.65 bits per heavy atom. The van der Waals surface area contributed by atoms with Crippen molar-refractivity contribution in [3.63, 3.8) is 0 Å². The molecule has 0 radical (unpaired) electrons. The standard InChI is InChI=1S/C17H16N2O2S.C10H16N2/c1-11-8-15(17(20)21)12(2)19(11)9-14-10-22-16(18-14)13-6-4-3-5-7-13;1-7-3-9(5-11)4-8(2)10(7)6-12/h3-8,10H,9H2,1-2H3,(H,20,21);3-4H,5-6,11-12H2,1-2H3. The van der Waals surface area contributed by atoms with Crippen LogP contribution in [-0.2, 0) is 19.6 Å². The van der Waals surface area contributed by atoms with Crippen LogP contribution < -0.4 is 11.5 Å². The third kappa shape index (κ3) is 5.80. The molecule has 6 nitrogen and oxygen atoms in total. The molecule has 0 atom stereocenters. The van der Waals surface area contributed by atoms with Gasteiger partial charge in [0.05, 0.1) is 17.8 Å². The number of benzene rings is 2. The highest BCUT2D eigenvalue weighted by molar-refractivity contribution is 7.13. The Bertz CT molecular complexity index is 1250. The van der Waals surface area contributed by atoms with Gasteiger partial charge in [-0.2, -0.15) is 0 Å². The smallest absolute Gasteiger partial charge is 0.337 e. The number of rotatable bonds is 6. The molecule has 0 unspecified atom stereocenters. The Balaban J connectivity index is 0.000000229. The van der Waals surface area contributed by atoms with E-state index in [0.29, 0.717) is 25.2 Å². The predicted molar refractivity (Wildman–Crippen MR) is 139 cm³/mol. The molecule has 2 aromatic heterocycles. The van der Waals surface area contributed by atoms with Crippen molar-refractivity contribution in [3.8, 4) is 10.6 Å². The molecule has 0 saturated carbocycles. The van der Waals surface area contributed by atoms with Crippen LogP contribution in [0.4, 0.5) is 0 Å². The minimum absolute atomic E-state index is 0.357. The van der Waals surface area contributed by atoms with Crippen LogP contribution >= 0.6 is 11.3 Å². The van der Waals surface area contributed by atoms with E-state index in [1.807, 2.05) is 54.1 Å². The van der Waals surface area contributed by atoms with Crippen molar-refractivity contribution in [2.75, 3.05) is 0 Å². The van der Waals surface area contributed by atoms with E-state index in [0.717, 1.165) is 27.7 Å². The normalized spacial score (nSPS) is 10.6. The van der Waals surface area contributed by atoms with Gasteiger partial charge >= 0.3 is 5.97 Å². The summed E-state index contributed by atoms with van der Waals surface area (Å²) < 4.78 is 1.99. The highest BCUT2D eigenvalue weighted by Gasteiger charge is 2.15. The highest BCUT2D eigenvalue weighted by atomic mass is 32.1. The van der Waals surface area contributed by atoms with E-state index in [1.165, 1.54) is 22.3 Å². The predicted octanol–water partition coefficient (Wildman–Crippen LogP) is 5.20. The van der Waals surface area contributed by atoms with Crippen molar-refractivity contribution < 1.29 is 9.90 Å². The molecule has 4 rings (SSSR count). The molecule has 178 valence electrons. The number of hydrogen-bond acceptors (Lipinski definition) is 5. The molecule has 2 aromatic carbocycles. The molecule has 0 spiro atoms. The number of carbonyl (C=O) groups is 1. The number of nitrogens with zero attached hydrogens (tertiary/aromatic N) is 2. The number of carboxylic acid groups (broad SMARTS) is 1. The van der Waals surface area contributed by atoms with Gasteiger partial charge in [0.2, 0.25) is 0 Å². The van der Waals surface area contributed by atoms with E-state index in [9.17, 15) is 9.90 Å². The van der Waals surface area contributed by atoms with Gasteiger partial charge < -0.3 is 21.1 Å². The zero-order valence-corrected chi connectivity index (χ0v) is 20.9. The lowest BCUT2D eigenvalue weighted by atomic mass is 9.99. The van der Waals surface area contributed by atoms with Gasteiger partial charge in [-0.15, -0.1) is 11.3 Å². The molecule has 0 saturated heterocycles. The van der Waals surface area contributed by atoms with Crippen LogP contribution in [0.5, 0.6) is 0 Å². The van der Waals surface area contributed by atoms with E-state index in [4.69, 9.17) is 11.5 Å². The summed E-state index contributed by atoms with van der Waals surface area (Å²) in [5, 5.41) is 12.2. The molecule has 7 heteroatoms. The summed E-state index contributed by atoms with van der Waals surface area (Å²) in [6.45, 7) is 9.72. The molecule has 0 bridgehead atoms. The Labute approximate surface area is 204 Å². The number of aryl methyl sites for hydroxylation is 3. The third-order valence-electron chi connectivity index (χ3n) is 5.89. The van der Waals surface area contributed by atoms with Gasteiger partial charge in [-0.05, 0) is 56.0 Å². The second-order valence-corrected chi connectivity index (χ2v) is 9.16. The SMILES string of the molecule is Cc1cc(C(=O)O)c(C)n1Cc1csc(-c2ccccc2)n1.Cc1cc(CN)cc(C)c1CN. The maximum Gasteiger partial charge on any atom is 0.337 e. The zero-order valence-electron chi connectivity index (χ0n) is 20.1. The van der Waals surface area contributed by atoms with E-state index >= 15 is 0 Å². The molecule has 0 fully saturated rings. The van der Waals surface area contributed by atoms with Gasteiger partial charge in [0, 0.05) is 35.4 Å². The first-order valence-corrected chi connectivity index (χ1v) is 12.0. The summed E-state index contributed by atoms with van der Waals surface area (Å²) in [6.07, 6.45) is 0. The van der Waals surface area contributed by atoms with Crippen molar-refractivity contribution in [1.29, 1.82) is 0 Å². The Morgan fingerprint density at radius 1 is 1.00 bits per heavy atom. The van der Waals surface area contributed by atoms with Gasteiger partial charge in [0.1, 0.15) is 5.01 Å². The Hall–Kier alpha value is -3.26. The van der Waals surface area contributed by atoms with Crippen LogP contribution in [0.1, 0.15) is 49.7 Å². The van der Waals surface area contributed by atoms with E-state index in [-0.39, 0.29) is 0 Å². The number of carboxylic acids is 1. The Kier molecular flexibility index (Phi) is 8.39. The van der Waals surface area contributed by atoms with Gasteiger partial charge in [-0.3, -0.25) is 0 Å². The summed E-state index contributed by atoms with van der Waals surface area (Å²) in [4.78, 5) is 15.9. The molecular weight excluding hydrogens is 444 g/mol. The summed E-state index contributed by atoms with van der Waals surface area (Å²) in [6, 6.07) is 16.0. The van der Waals surface area contributed by atoms with Gasteiger partial charge in [-0.1, -0.05) is 42.5 Å². The molecule has 0 amide bonds. The van der Waals surface area contributed by atoms with E-state index in [2.05, 4.69) is 31.0 Å². The van der Waals surface area contributed by atoms with Gasteiger partial charge in [0.25, 0.3) is 0 Å². The summed E-state index contributed by atoms with van der Waals surface area (Å²) in [5.41, 5.74) is 20.2. The molecule has 0 aliphatic rings. The van der Waals surface area contributed by atoms with Crippen molar-refractivity contribution in [3.05, 3.63) is 98.8 Å². The first-order valence-electron chi connectivity index (χ1n) is 11.1. The molecule has 4 aromatic rings. The largest absolute Gasteiger partial charge is 0.478 e. The maximum absolute atomic E-state index is 11.2. The lowest BCUT2D eigenvalue weighted by Crippen LogP contribution is -2.06. The van der Waals surface area contributed by atoms with Crippen LogP contribution in [-0.4, -0.2) is 20.6 Å². The fraction of sp³-hybridized carbons (Fsp3) is 0.259. The lowest BCUT2D eigenvalue weighted by Gasteiger charge is -2.09. The number of nitrogens with two attached hydrogens (primary N) is 2. The molecule has 5 N–H and O–H groups in total. The summed E-state index contributed by atoms with van der Waals surface area (Å²) in [5.74, 6) is -0.886. The number of aromatic carboxylic acids is 1. The van der Waals surface area contributed by atoms with E-state index in [1.54, 1.807) is 17.4 Å². The summed E-state index contributed by atoms with van der Waals surface area (Å²) >= 11 is 1.61. The Morgan fingerprint density at radius 3 is 2.18 bits per heavy atom. The fourth-order valence-corrected chi connectivity index (χ4v) is 4.86. The number of hydrogen-bond donors (Lipinski definition) is 3. The average Bonchev–Trinajstić information content (AvgIpc) is 3.40. The van der Waals surface area contributed by atoms with Gasteiger partial charge in [0.15, 0.2) is 0 Å². The third-order valence-corrected chi connectivity index (χ3v) is 6.83. The van der Waals surface area contributed by atoms with E-state index < -0.39 is 5.97 Å². The average molecular weight is 477 g/mol. The fourth-order valence-electron chi connectivity index (χ4n) is 4.04. The summed E-state index contributed by atoms with van der Waals surface area (Å²) in [7, 11) is 0. The van der Waals surface area contributed by atoms with Crippen molar-refractivity contribution in [1.82, 2.24) is 9.55 Å². The van der Waals surface area contributed by atoms with Crippen molar-refractivity contribution in [2.24, 2.45) is 11.5 Å². The quantitative estimate of drug-likeness (QED) is 0.355. The van der Waals surface area contributed by atoms with Crippen LogP contribution in [0, 0.1) is 27.7 Å². The zero-order chi connectivity index (χ0) is 24.8. The molecule has 0 aliphatic carbocycles. The molecule has 0 aliphatic heterocycles. The topological polar surface area (TPSA) is 107 Å². The van der Waals surface area contributed by atoms with Crippen LogP contribution in [0.3, 0.4) is 0 Å². The van der Waals surface area contributed by atoms with Crippen molar-refractivity contribution >= 4 is 17.3 Å². The van der Waals surface area contributed by atoms with Crippen LogP contribution in [0.15, 0.2) is 53.9 Å². The first-order chi connectivity index (χ1) is 16.2. The minimum Gasteiger partial charge on any atom is -0.478 e.